The summed E-state index contributed by atoms with van der Waals surface area (Å²) in [6.45, 7) is 4.70. The fraction of sp³-hybridized carbons (Fsp3) is 0.917. The van der Waals surface area contributed by atoms with E-state index in [1.807, 2.05) is 0 Å². The van der Waals surface area contributed by atoms with E-state index >= 15 is 0 Å². The van der Waals surface area contributed by atoms with Crippen molar-refractivity contribution < 1.29 is 14.6 Å². The van der Waals surface area contributed by atoms with Crippen molar-refractivity contribution in [3.05, 3.63) is 0 Å². The normalized spacial score (nSPS) is 25.0. The summed E-state index contributed by atoms with van der Waals surface area (Å²) in [5.41, 5.74) is 0.115. The Morgan fingerprint density at radius 1 is 1.31 bits per heavy atom. The molecule has 92 valence electrons. The van der Waals surface area contributed by atoms with E-state index in [4.69, 9.17) is 9.84 Å². The molecular weight excluding hydrogens is 206 g/mol. The van der Waals surface area contributed by atoms with Gasteiger partial charge in [0.25, 0.3) is 0 Å². The second kappa shape index (κ2) is 5.15. The number of aliphatic carboxylic acids is 1. The fourth-order valence-electron chi connectivity index (χ4n) is 2.73. The number of carboxylic acids is 1. The molecule has 1 saturated carbocycles. The van der Waals surface area contributed by atoms with E-state index < -0.39 is 5.97 Å². The Morgan fingerprint density at radius 3 is 2.50 bits per heavy atom. The van der Waals surface area contributed by atoms with Gasteiger partial charge in [-0.05, 0) is 31.2 Å². The van der Waals surface area contributed by atoms with Crippen molar-refractivity contribution in [2.24, 2.45) is 5.41 Å². The molecule has 0 radical (unpaired) electrons. The number of ether oxygens (including phenoxy) is 1. The first-order valence-electron chi connectivity index (χ1n) is 6.22. The maximum Gasteiger partial charge on any atom is 0.303 e. The molecule has 4 heteroatoms. The standard InChI is InChI=1S/C12H21NO3/c14-11(15)10-12(2-1-3-12)4-5-13-6-8-16-9-7-13/h1-10H2,(H,14,15). The van der Waals surface area contributed by atoms with Crippen LogP contribution in [0.1, 0.15) is 32.1 Å². The summed E-state index contributed by atoms with van der Waals surface area (Å²) in [7, 11) is 0. The highest BCUT2D eigenvalue weighted by Crippen LogP contribution is 2.46. The first-order chi connectivity index (χ1) is 7.70. The lowest BCUT2D eigenvalue weighted by Gasteiger charge is -2.42. The number of carboxylic acid groups (broad SMARTS) is 1. The Labute approximate surface area is 96.6 Å². The van der Waals surface area contributed by atoms with Gasteiger partial charge in [0.15, 0.2) is 0 Å². The van der Waals surface area contributed by atoms with Crippen molar-refractivity contribution in [2.45, 2.75) is 32.1 Å². The average Bonchev–Trinajstić information content (AvgIpc) is 2.23. The average molecular weight is 227 g/mol. The molecule has 0 unspecified atom stereocenters. The minimum absolute atomic E-state index is 0.115. The Hall–Kier alpha value is -0.610. The van der Waals surface area contributed by atoms with E-state index in [1.165, 1.54) is 6.42 Å². The minimum Gasteiger partial charge on any atom is -0.481 e. The summed E-state index contributed by atoms with van der Waals surface area (Å²) in [4.78, 5) is 13.2. The summed E-state index contributed by atoms with van der Waals surface area (Å²) in [6, 6.07) is 0. The summed E-state index contributed by atoms with van der Waals surface area (Å²) >= 11 is 0. The summed E-state index contributed by atoms with van der Waals surface area (Å²) < 4.78 is 5.30. The number of hydrogen-bond donors (Lipinski definition) is 1. The van der Waals surface area contributed by atoms with Gasteiger partial charge in [-0.2, -0.15) is 0 Å². The van der Waals surface area contributed by atoms with Crippen molar-refractivity contribution in [1.82, 2.24) is 4.90 Å². The molecule has 0 bridgehead atoms. The Kier molecular flexibility index (Phi) is 3.82. The van der Waals surface area contributed by atoms with E-state index in [2.05, 4.69) is 4.90 Å². The molecule has 2 fully saturated rings. The van der Waals surface area contributed by atoms with Gasteiger partial charge in [-0.3, -0.25) is 9.69 Å². The van der Waals surface area contributed by atoms with Crippen molar-refractivity contribution in [3.8, 4) is 0 Å². The zero-order valence-corrected chi connectivity index (χ0v) is 9.78. The maximum absolute atomic E-state index is 10.8. The number of hydrogen-bond acceptors (Lipinski definition) is 3. The van der Waals surface area contributed by atoms with Crippen LogP contribution in [0.4, 0.5) is 0 Å². The molecule has 0 amide bonds. The van der Waals surface area contributed by atoms with Gasteiger partial charge in [0.05, 0.1) is 19.6 Å². The lowest BCUT2D eigenvalue weighted by atomic mass is 9.64. The molecule has 0 atom stereocenters. The lowest BCUT2D eigenvalue weighted by molar-refractivity contribution is -0.141. The number of carbonyl (C=O) groups is 1. The van der Waals surface area contributed by atoms with Crippen LogP contribution >= 0.6 is 0 Å². The molecule has 1 saturated heterocycles. The van der Waals surface area contributed by atoms with Gasteiger partial charge in [-0.1, -0.05) is 6.42 Å². The van der Waals surface area contributed by atoms with Crippen molar-refractivity contribution in [2.75, 3.05) is 32.8 Å². The van der Waals surface area contributed by atoms with Crippen LogP contribution in [0.5, 0.6) is 0 Å². The molecule has 1 aliphatic carbocycles. The van der Waals surface area contributed by atoms with Crippen LogP contribution in [0.2, 0.25) is 0 Å². The molecule has 1 N–H and O–H groups in total. The zero-order valence-electron chi connectivity index (χ0n) is 9.78. The van der Waals surface area contributed by atoms with Crippen LogP contribution in [0, 0.1) is 5.41 Å². The first-order valence-corrected chi connectivity index (χ1v) is 6.22. The van der Waals surface area contributed by atoms with Gasteiger partial charge in [0.2, 0.25) is 0 Å². The molecule has 4 nitrogen and oxygen atoms in total. The Morgan fingerprint density at radius 2 is 2.00 bits per heavy atom. The Balaban J connectivity index is 1.75. The van der Waals surface area contributed by atoms with E-state index in [0.29, 0.717) is 6.42 Å². The van der Waals surface area contributed by atoms with Crippen LogP contribution in [0.25, 0.3) is 0 Å². The molecule has 1 aliphatic heterocycles. The third-order valence-electron chi connectivity index (χ3n) is 4.00. The molecule has 1 heterocycles. The van der Waals surface area contributed by atoms with E-state index in [0.717, 1.165) is 52.1 Å². The Bertz CT molecular complexity index is 245. The van der Waals surface area contributed by atoms with Gasteiger partial charge in [-0.25, -0.2) is 0 Å². The van der Waals surface area contributed by atoms with Crippen molar-refractivity contribution >= 4 is 5.97 Å². The van der Waals surface area contributed by atoms with E-state index in [9.17, 15) is 4.79 Å². The second-order valence-corrected chi connectivity index (χ2v) is 5.13. The van der Waals surface area contributed by atoms with Crippen LogP contribution < -0.4 is 0 Å². The monoisotopic (exact) mass is 227 g/mol. The smallest absolute Gasteiger partial charge is 0.303 e. The number of nitrogens with zero attached hydrogens (tertiary/aromatic N) is 1. The van der Waals surface area contributed by atoms with Gasteiger partial charge >= 0.3 is 5.97 Å². The first kappa shape index (κ1) is 11.9. The lowest BCUT2D eigenvalue weighted by Crippen LogP contribution is -2.41. The minimum atomic E-state index is -0.637. The largest absolute Gasteiger partial charge is 0.481 e. The van der Waals surface area contributed by atoms with Gasteiger partial charge < -0.3 is 9.84 Å². The quantitative estimate of drug-likeness (QED) is 0.770. The molecule has 2 rings (SSSR count). The van der Waals surface area contributed by atoms with Crippen LogP contribution in [0.3, 0.4) is 0 Å². The predicted molar refractivity (Wildman–Crippen MR) is 60.4 cm³/mol. The third-order valence-corrected chi connectivity index (χ3v) is 4.00. The predicted octanol–water partition coefficient (Wildman–Crippen LogP) is 1.35. The van der Waals surface area contributed by atoms with Crippen molar-refractivity contribution in [3.63, 3.8) is 0 Å². The maximum atomic E-state index is 10.8. The molecule has 16 heavy (non-hydrogen) atoms. The summed E-state index contributed by atoms with van der Waals surface area (Å²) in [5, 5.41) is 8.92. The zero-order chi connectivity index (χ0) is 11.4. The van der Waals surface area contributed by atoms with Crippen LogP contribution in [0.15, 0.2) is 0 Å². The molecule has 0 aromatic heterocycles. The highest BCUT2D eigenvalue weighted by molar-refractivity contribution is 5.67. The van der Waals surface area contributed by atoms with Gasteiger partial charge in [0.1, 0.15) is 0 Å². The molecule has 0 aromatic rings. The topological polar surface area (TPSA) is 49.8 Å². The van der Waals surface area contributed by atoms with Crippen LogP contribution in [-0.2, 0) is 9.53 Å². The molecule has 0 spiro atoms. The van der Waals surface area contributed by atoms with Gasteiger partial charge in [-0.15, -0.1) is 0 Å². The fourth-order valence-corrected chi connectivity index (χ4v) is 2.73. The van der Waals surface area contributed by atoms with E-state index in [1.54, 1.807) is 0 Å². The molecular formula is C12H21NO3. The van der Waals surface area contributed by atoms with Gasteiger partial charge in [0, 0.05) is 13.1 Å². The van der Waals surface area contributed by atoms with E-state index in [-0.39, 0.29) is 5.41 Å². The van der Waals surface area contributed by atoms with Crippen molar-refractivity contribution in [1.29, 1.82) is 0 Å². The number of morpholine rings is 1. The summed E-state index contributed by atoms with van der Waals surface area (Å²) in [5.74, 6) is -0.637. The second-order valence-electron chi connectivity index (χ2n) is 5.13. The highest BCUT2D eigenvalue weighted by Gasteiger charge is 2.38. The number of rotatable bonds is 5. The third kappa shape index (κ3) is 2.95. The highest BCUT2D eigenvalue weighted by atomic mass is 16.5. The summed E-state index contributed by atoms with van der Waals surface area (Å²) in [6.07, 6.45) is 4.81. The molecule has 2 aliphatic rings. The SMILES string of the molecule is O=C(O)CC1(CCN2CCOCC2)CCC1. The van der Waals surface area contributed by atoms with Crippen LogP contribution in [-0.4, -0.2) is 48.8 Å². The molecule has 0 aromatic carbocycles.